The second-order valence-corrected chi connectivity index (χ2v) is 9.27. The number of carbonyl (C=O) groups is 2. The summed E-state index contributed by atoms with van der Waals surface area (Å²) in [5.74, 6) is -1.06. The molecule has 0 N–H and O–H groups in total. The van der Waals surface area contributed by atoms with E-state index in [1.54, 1.807) is 5.06 Å². The van der Waals surface area contributed by atoms with Crippen LogP contribution in [0.25, 0.3) is 11.3 Å². The van der Waals surface area contributed by atoms with E-state index < -0.39 is 35.7 Å². The number of halogens is 2. The molecule has 0 saturated carbocycles. The van der Waals surface area contributed by atoms with Gasteiger partial charge in [0.15, 0.2) is 6.10 Å². The zero-order chi connectivity index (χ0) is 24.1. The largest absolute Gasteiger partial charge is 0.459 e. The number of nitrogens with zero attached hydrogens (tertiary/aromatic N) is 2. The van der Waals surface area contributed by atoms with Crippen LogP contribution in [0.15, 0.2) is 99.9 Å². The molecule has 174 valence electrons. The van der Waals surface area contributed by atoms with Crippen LogP contribution in [0.1, 0.15) is 11.8 Å². The van der Waals surface area contributed by atoms with Crippen molar-refractivity contribution in [3.05, 3.63) is 107 Å². The number of amides is 2. The maximum atomic E-state index is 13.6. The van der Waals surface area contributed by atoms with Gasteiger partial charge in [0.05, 0.1) is 11.4 Å². The molecule has 6 nitrogen and oxygen atoms in total. The molecule has 2 aliphatic heterocycles. The fourth-order valence-electron chi connectivity index (χ4n) is 4.63. The number of furan rings is 1. The van der Waals surface area contributed by atoms with Crippen molar-refractivity contribution in [2.24, 2.45) is 5.92 Å². The molecule has 3 aromatic carbocycles. The van der Waals surface area contributed by atoms with Gasteiger partial charge in [-0.05, 0) is 60.7 Å². The Balaban J connectivity index is 1.41. The van der Waals surface area contributed by atoms with Gasteiger partial charge < -0.3 is 4.42 Å². The summed E-state index contributed by atoms with van der Waals surface area (Å²) in [7, 11) is 0. The number of anilines is 2. The van der Waals surface area contributed by atoms with Crippen molar-refractivity contribution in [2.75, 3.05) is 9.96 Å². The average Bonchev–Trinajstić information content (AvgIpc) is 3.56. The van der Waals surface area contributed by atoms with Crippen molar-refractivity contribution in [3.63, 3.8) is 0 Å². The van der Waals surface area contributed by atoms with Crippen LogP contribution in [0, 0.1) is 11.7 Å². The van der Waals surface area contributed by atoms with Crippen LogP contribution < -0.4 is 9.96 Å². The molecule has 6 rings (SSSR count). The molecule has 2 fully saturated rings. The molecule has 2 aliphatic rings. The highest BCUT2D eigenvalue weighted by molar-refractivity contribution is 9.10. The number of rotatable bonds is 4. The van der Waals surface area contributed by atoms with E-state index in [4.69, 9.17) is 9.25 Å². The van der Waals surface area contributed by atoms with Crippen LogP contribution in [0.5, 0.6) is 0 Å². The van der Waals surface area contributed by atoms with E-state index in [0.29, 0.717) is 22.9 Å². The summed E-state index contributed by atoms with van der Waals surface area (Å²) in [4.78, 5) is 34.1. The Morgan fingerprint density at radius 2 is 1.49 bits per heavy atom. The highest BCUT2D eigenvalue weighted by Gasteiger charge is 2.61. The number of benzene rings is 3. The van der Waals surface area contributed by atoms with Crippen molar-refractivity contribution in [1.29, 1.82) is 0 Å². The lowest BCUT2D eigenvalue weighted by molar-refractivity contribution is -0.126. The molecule has 3 heterocycles. The second kappa shape index (κ2) is 8.48. The van der Waals surface area contributed by atoms with Crippen molar-refractivity contribution in [3.8, 4) is 11.3 Å². The Hall–Kier alpha value is -3.75. The van der Waals surface area contributed by atoms with Gasteiger partial charge in [0, 0.05) is 10.0 Å². The third-order valence-electron chi connectivity index (χ3n) is 6.26. The van der Waals surface area contributed by atoms with Crippen LogP contribution in [0.3, 0.4) is 0 Å². The number of imide groups is 1. The standard InChI is InChI=1S/C27H18BrFN2O4/c28-17-8-6-16(7-9-17)21-14-15-22(34-21)24-23-25(35-31(24)20-4-2-1-3-5-20)27(33)30(26(23)32)19-12-10-18(29)11-13-19/h1-15,23-25H/t23-,24+,25+/m0/s1. The number of para-hydroxylation sites is 1. The normalized spacial score (nSPS) is 21.6. The summed E-state index contributed by atoms with van der Waals surface area (Å²) in [5.41, 5.74) is 1.88. The molecule has 0 spiro atoms. The number of hydrogen-bond donors (Lipinski definition) is 0. The minimum absolute atomic E-state index is 0.305. The van der Waals surface area contributed by atoms with Crippen molar-refractivity contribution >= 4 is 39.1 Å². The first-order chi connectivity index (χ1) is 17.0. The summed E-state index contributed by atoms with van der Waals surface area (Å²) in [5, 5.41) is 1.58. The Bertz CT molecular complexity index is 1410. The van der Waals surface area contributed by atoms with Crippen LogP contribution in [0.2, 0.25) is 0 Å². The summed E-state index contributed by atoms with van der Waals surface area (Å²) in [6, 6.07) is 25.2. The van der Waals surface area contributed by atoms with Gasteiger partial charge in [-0.1, -0.05) is 46.3 Å². The van der Waals surface area contributed by atoms with Gasteiger partial charge in [0.2, 0.25) is 5.91 Å². The number of hydrogen-bond acceptors (Lipinski definition) is 5. The molecule has 8 heteroatoms. The predicted octanol–water partition coefficient (Wildman–Crippen LogP) is 5.90. The van der Waals surface area contributed by atoms with E-state index in [1.165, 1.54) is 24.3 Å². The Labute approximate surface area is 208 Å². The molecule has 0 aliphatic carbocycles. The van der Waals surface area contributed by atoms with E-state index in [0.717, 1.165) is 14.9 Å². The minimum Gasteiger partial charge on any atom is -0.459 e. The van der Waals surface area contributed by atoms with E-state index in [2.05, 4.69) is 15.9 Å². The van der Waals surface area contributed by atoms with Crippen LogP contribution in [-0.2, 0) is 14.4 Å². The van der Waals surface area contributed by atoms with E-state index >= 15 is 0 Å². The number of fused-ring (bicyclic) bond motifs is 1. The van der Waals surface area contributed by atoms with Gasteiger partial charge in [-0.2, -0.15) is 0 Å². The fraction of sp³-hybridized carbons (Fsp3) is 0.111. The van der Waals surface area contributed by atoms with Crippen molar-refractivity contribution < 1.29 is 23.2 Å². The van der Waals surface area contributed by atoms with Gasteiger partial charge in [-0.25, -0.2) is 14.4 Å². The third-order valence-corrected chi connectivity index (χ3v) is 6.79. The SMILES string of the molecule is O=C1[C@H]2[C@@H](c3ccc(-c4ccc(Br)cc4)o3)N(c3ccccc3)O[C@H]2C(=O)N1c1ccc(F)cc1. The lowest BCUT2D eigenvalue weighted by atomic mass is 9.94. The second-order valence-electron chi connectivity index (χ2n) is 8.36. The van der Waals surface area contributed by atoms with Crippen LogP contribution in [0.4, 0.5) is 15.8 Å². The lowest BCUT2D eigenvalue weighted by Gasteiger charge is -2.27. The van der Waals surface area contributed by atoms with Gasteiger partial charge in [0.25, 0.3) is 5.91 Å². The Morgan fingerprint density at radius 1 is 0.771 bits per heavy atom. The summed E-state index contributed by atoms with van der Waals surface area (Å²) < 4.78 is 20.6. The first-order valence-electron chi connectivity index (χ1n) is 11.0. The molecule has 3 atom stereocenters. The smallest absolute Gasteiger partial charge is 0.266 e. The van der Waals surface area contributed by atoms with Gasteiger partial charge >= 0.3 is 0 Å². The lowest BCUT2D eigenvalue weighted by Crippen LogP contribution is -2.37. The minimum atomic E-state index is -1.03. The average molecular weight is 533 g/mol. The molecular formula is C27H18BrFN2O4. The fourth-order valence-corrected chi connectivity index (χ4v) is 4.89. The first kappa shape index (κ1) is 21.8. The zero-order valence-corrected chi connectivity index (χ0v) is 19.8. The van der Waals surface area contributed by atoms with Gasteiger partial charge in [0.1, 0.15) is 29.3 Å². The third kappa shape index (κ3) is 3.66. The topological polar surface area (TPSA) is 63.0 Å². The maximum absolute atomic E-state index is 13.6. The number of hydroxylamine groups is 1. The summed E-state index contributed by atoms with van der Waals surface area (Å²) in [6.45, 7) is 0. The summed E-state index contributed by atoms with van der Waals surface area (Å²) >= 11 is 3.43. The van der Waals surface area contributed by atoms with Crippen molar-refractivity contribution in [2.45, 2.75) is 12.1 Å². The van der Waals surface area contributed by atoms with Crippen LogP contribution >= 0.6 is 15.9 Å². The maximum Gasteiger partial charge on any atom is 0.266 e. The number of carbonyl (C=O) groups excluding carboxylic acids is 2. The molecule has 4 aromatic rings. The Kier molecular flexibility index (Phi) is 5.27. The van der Waals surface area contributed by atoms with Gasteiger partial charge in [-0.3, -0.25) is 14.4 Å². The highest BCUT2D eigenvalue weighted by atomic mass is 79.9. The summed E-state index contributed by atoms with van der Waals surface area (Å²) in [6.07, 6.45) is -1.03. The van der Waals surface area contributed by atoms with E-state index in [1.807, 2.05) is 66.7 Å². The zero-order valence-electron chi connectivity index (χ0n) is 18.2. The first-order valence-corrected chi connectivity index (χ1v) is 11.8. The molecular weight excluding hydrogens is 515 g/mol. The monoisotopic (exact) mass is 532 g/mol. The molecule has 1 aromatic heterocycles. The highest BCUT2D eigenvalue weighted by Crippen LogP contribution is 2.48. The quantitative estimate of drug-likeness (QED) is 0.306. The van der Waals surface area contributed by atoms with Gasteiger partial charge in [-0.15, -0.1) is 0 Å². The van der Waals surface area contributed by atoms with E-state index in [9.17, 15) is 14.0 Å². The molecule has 2 saturated heterocycles. The molecule has 0 radical (unpaired) electrons. The van der Waals surface area contributed by atoms with Crippen LogP contribution in [-0.4, -0.2) is 17.9 Å². The molecule has 2 amide bonds. The molecule has 35 heavy (non-hydrogen) atoms. The molecule has 0 unspecified atom stereocenters. The van der Waals surface area contributed by atoms with E-state index in [-0.39, 0.29) is 0 Å². The van der Waals surface area contributed by atoms with Crippen molar-refractivity contribution in [1.82, 2.24) is 0 Å². The molecule has 0 bridgehead atoms. The predicted molar refractivity (Wildman–Crippen MR) is 131 cm³/mol. The Morgan fingerprint density at radius 3 is 2.20 bits per heavy atom.